The van der Waals surface area contributed by atoms with E-state index < -0.39 is 93.6 Å². The van der Waals surface area contributed by atoms with Crippen molar-refractivity contribution in [3.63, 3.8) is 0 Å². The number of carbonyl (C=O) groups is 3. The number of aliphatic hydroxyl groups excluding tert-OH is 3. The first kappa shape index (κ1) is 30.3. The van der Waals surface area contributed by atoms with Gasteiger partial charge in [-0.1, -0.05) is 27.7 Å². The molecule has 1 aromatic rings. The van der Waals surface area contributed by atoms with Crippen LogP contribution in [0, 0.1) is 34.0 Å². The highest BCUT2D eigenvalue weighted by atomic mass is 16.7. The molecule has 1 spiro atoms. The molecule has 3 N–H and O–H groups in total. The SMILES string of the molecule is CCC(C)C(=O)O[C@H]1C[C@]23C(C[C@@H](O)[C@]4(C)[C@@H]2C(=O)[C@H](O)[C@@]2(C)[C@H](c5ccoc5)CC5O[C@@]524)[C@@](C)(O1)[C@H](OC(C)=O)C[C@@H]3O. The van der Waals surface area contributed by atoms with Crippen molar-refractivity contribution in [1.82, 2.24) is 0 Å². The number of esters is 2. The van der Waals surface area contributed by atoms with Crippen molar-refractivity contribution in [2.45, 2.75) is 128 Å². The maximum Gasteiger partial charge on any atom is 0.310 e. The first-order chi connectivity index (χ1) is 20.6. The molecule has 11 nitrogen and oxygen atoms in total. The van der Waals surface area contributed by atoms with Gasteiger partial charge in [0.2, 0.25) is 6.29 Å². The number of hydrogen-bond acceptors (Lipinski definition) is 11. The van der Waals surface area contributed by atoms with Gasteiger partial charge in [-0.25, -0.2) is 0 Å². The molecule has 1 aromatic heterocycles. The standard InChI is InChI=1S/C33H44O11/c1-7-15(2)28(39)42-24-13-32-19(31(6,44-24)22(12-21(32)36)41-16(3)34)11-20(35)30(5)26(32)25(37)27(38)29(4)18(17-8-9-40-14-17)10-23-33(29,30)43-23/h8-9,14-15,18-24,26-27,35-36,38H,7,10-13H2,1-6H3/t15?,18-,19?,20+,21-,22+,23?,24+,26-,27-,29+,30+,31+,32+,33-/m0/s1. The zero-order valence-electron chi connectivity index (χ0n) is 26.1. The van der Waals surface area contributed by atoms with Crippen molar-refractivity contribution >= 4 is 17.7 Å². The third-order valence-corrected chi connectivity index (χ3v) is 13.4. The maximum absolute atomic E-state index is 14.9. The minimum Gasteiger partial charge on any atom is -0.472 e. The minimum atomic E-state index is -1.47. The van der Waals surface area contributed by atoms with Crippen LogP contribution in [-0.2, 0) is 33.3 Å². The van der Waals surface area contributed by atoms with Crippen molar-refractivity contribution in [1.29, 1.82) is 0 Å². The first-order valence-corrected chi connectivity index (χ1v) is 16.0. The van der Waals surface area contributed by atoms with Gasteiger partial charge in [-0.15, -0.1) is 0 Å². The van der Waals surface area contributed by atoms with E-state index in [1.165, 1.54) is 6.92 Å². The number of epoxide rings is 1. The van der Waals surface area contributed by atoms with Crippen molar-refractivity contribution in [2.24, 2.45) is 34.0 Å². The van der Waals surface area contributed by atoms with E-state index in [0.717, 1.165) is 5.56 Å². The second-order valence-electron chi connectivity index (χ2n) is 14.9. The molecular weight excluding hydrogens is 572 g/mol. The lowest BCUT2D eigenvalue weighted by Crippen LogP contribution is -2.82. The lowest BCUT2D eigenvalue weighted by atomic mass is 9.34. The molecule has 0 amide bonds. The largest absolute Gasteiger partial charge is 0.472 e. The number of ketones is 1. The van der Waals surface area contributed by atoms with Gasteiger partial charge in [0.05, 0.1) is 36.8 Å². The normalized spacial score (nSPS) is 52.6. The summed E-state index contributed by atoms with van der Waals surface area (Å²) in [5, 5.41) is 36.6. The van der Waals surface area contributed by atoms with Crippen molar-refractivity contribution in [3.05, 3.63) is 24.2 Å². The van der Waals surface area contributed by atoms with Crippen LogP contribution in [0.5, 0.6) is 0 Å². The molecule has 2 bridgehead atoms. The maximum atomic E-state index is 14.9. The van der Waals surface area contributed by atoms with Crippen molar-refractivity contribution in [3.8, 4) is 0 Å². The van der Waals surface area contributed by atoms with Crippen LogP contribution in [0.2, 0.25) is 0 Å². The van der Waals surface area contributed by atoms with Crippen molar-refractivity contribution < 1.29 is 53.1 Å². The first-order valence-electron chi connectivity index (χ1n) is 16.0. The molecule has 242 valence electrons. The second-order valence-corrected chi connectivity index (χ2v) is 14.9. The van der Waals surface area contributed by atoms with Gasteiger partial charge in [0.25, 0.3) is 0 Å². The van der Waals surface area contributed by atoms with Crippen LogP contribution < -0.4 is 0 Å². The number of ether oxygens (including phenoxy) is 4. The zero-order chi connectivity index (χ0) is 31.8. The fraction of sp³-hybridized carbons (Fsp3) is 0.788. The van der Waals surface area contributed by atoms with E-state index in [0.29, 0.717) is 12.8 Å². The molecule has 0 aromatic carbocycles. The summed E-state index contributed by atoms with van der Waals surface area (Å²) >= 11 is 0. The van der Waals surface area contributed by atoms with E-state index in [4.69, 9.17) is 23.4 Å². The molecule has 4 aliphatic carbocycles. The Morgan fingerprint density at radius 2 is 1.77 bits per heavy atom. The average molecular weight is 617 g/mol. The van der Waals surface area contributed by atoms with Crippen LogP contribution in [0.25, 0.3) is 0 Å². The molecular formula is C33H44O11. The fourth-order valence-electron chi connectivity index (χ4n) is 11.2. The van der Waals surface area contributed by atoms with Gasteiger partial charge in [0.15, 0.2) is 5.78 Å². The fourth-order valence-corrected chi connectivity index (χ4v) is 11.2. The summed E-state index contributed by atoms with van der Waals surface area (Å²) < 4.78 is 30.1. The van der Waals surface area contributed by atoms with E-state index in [1.54, 1.807) is 26.4 Å². The Morgan fingerprint density at radius 3 is 2.41 bits per heavy atom. The van der Waals surface area contributed by atoms with Gasteiger partial charge in [-0.05, 0) is 37.8 Å². The highest BCUT2D eigenvalue weighted by molar-refractivity contribution is 5.91. The van der Waals surface area contributed by atoms with Crippen LogP contribution in [0.15, 0.2) is 23.0 Å². The Labute approximate surface area is 256 Å². The van der Waals surface area contributed by atoms with E-state index >= 15 is 0 Å². The molecule has 2 saturated heterocycles. The predicted molar refractivity (Wildman–Crippen MR) is 151 cm³/mol. The minimum absolute atomic E-state index is 0.0164. The molecule has 44 heavy (non-hydrogen) atoms. The molecule has 0 radical (unpaired) electrons. The molecule has 11 heteroatoms. The molecule has 7 rings (SSSR count). The topological polar surface area (TPSA) is 165 Å². The Balaban J connectivity index is 1.39. The quantitative estimate of drug-likeness (QED) is 0.329. The Morgan fingerprint density at radius 1 is 1.05 bits per heavy atom. The van der Waals surface area contributed by atoms with E-state index in [1.807, 2.05) is 26.8 Å². The summed E-state index contributed by atoms with van der Waals surface area (Å²) in [5.74, 6) is -3.93. The number of fused-ring (bicyclic) bond motifs is 1. The van der Waals surface area contributed by atoms with Gasteiger partial charge in [0.1, 0.15) is 23.4 Å². The Kier molecular flexibility index (Phi) is 6.47. The van der Waals surface area contributed by atoms with Crippen LogP contribution in [0.1, 0.15) is 85.1 Å². The summed E-state index contributed by atoms with van der Waals surface area (Å²) in [5.41, 5.74) is -5.09. The Hall–Kier alpha value is -2.31. The lowest BCUT2D eigenvalue weighted by Gasteiger charge is -2.72. The van der Waals surface area contributed by atoms with Crippen molar-refractivity contribution in [2.75, 3.05) is 0 Å². The number of furan rings is 1. The Bertz CT molecular complexity index is 1380. The van der Waals surface area contributed by atoms with Crippen LogP contribution in [0.3, 0.4) is 0 Å². The number of aliphatic hydroxyl groups is 3. The molecule has 3 unspecified atom stereocenters. The highest BCUT2D eigenvalue weighted by Gasteiger charge is 2.92. The monoisotopic (exact) mass is 616 g/mol. The number of Topliss-reactive ketones (excluding diaryl/α,β-unsaturated/α-hetero) is 1. The molecule has 6 aliphatic rings. The van der Waals surface area contributed by atoms with E-state index in [9.17, 15) is 29.7 Å². The summed E-state index contributed by atoms with van der Waals surface area (Å²) in [4.78, 5) is 40.2. The third kappa shape index (κ3) is 3.32. The van der Waals surface area contributed by atoms with Crippen LogP contribution in [0.4, 0.5) is 0 Å². The van der Waals surface area contributed by atoms with Gasteiger partial charge < -0.3 is 38.7 Å². The highest BCUT2D eigenvalue weighted by Crippen LogP contribution is 2.82. The summed E-state index contributed by atoms with van der Waals surface area (Å²) in [6.07, 6.45) is -1.79. The van der Waals surface area contributed by atoms with Crippen LogP contribution in [-0.4, -0.2) is 81.1 Å². The molecule has 15 atom stereocenters. The van der Waals surface area contributed by atoms with Gasteiger partial charge >= 0.3 is 11.9 Å². The second kappa shape index (κ2) is 9.37. The molecule has 4 saturated carbocycles. The summed E-state index contributed by atoms with van der Waals surface area (Å²) in [6.45, 7) is 10.4. The molecule has 3 heterocycles. The number of rotatable bonds is 5. The third-order valence-electron chi connectivity index (χ3n) is 13.4. The number of carbonyl (C=O) groups excluding carboxylic acids is 3. The van der Waals surface area contributed by atoms with Gasteiger partial charge in [0, 0.05) is 53.8 Å². The molecule has 2 aliphatic heterocycles. The average Bonchev–Trinajstić information content (AvgIpc) is 3.32. The van der Waals surface area contributed by atoms with Crippen LogP contribution >= 0.6 is 0 Å². The summed E-state index contributed by atoms with van der Waals surface area (Å²) in [6, 6.07) is 1.84. The smallest absolute Gasteiger partial charge is 0.310 e. The van der Waals surface area contributed by atoms with E-state index in [-0.39, 0.29) is 31.3 Å². The van der Waals surface area contributed by atoms with Gasteiger partial charge in [-0.2, -0.15) is 0 Å². The lowest BCUT2D eigenvalue weighted by molar-refractivity contribution is -0.375. The zero-order valence-corrected chi connectivity index (χ0v) is 26.1. The predicted octanol–water partition coefficient (Wildman–Crippen LogP) is 2.63. The molecule has 6 fully saturated rings. The van der Waals surface area contributed by atoms with Gasteiger partial charge in [-0.3, -0.25) is 14.4 Å². The number of hydrogen-bond donors (Lipinski definition) is 3. The van der Waals surface area contributed by atoms with E-state index in [2.05, 4.69) is 0 Å². The summed E-state index contributed by atoms with van der Waals surface area (Å²) in [7, 11) is 0.